The third-order valence-corrected chi connectivity index (χ3v) is 4.06. The molecule has 82 valence electrons. The molecule has 0 saturated heterocycles. The summed E-state index contributed by atoms with van der Waals surface area (Å²) < 4.78 is 0. The van der Waals surface area contributed by atoms with E-state index in [2.05, 4.69) is 30.4 Å². The van der Waals surface area contributed by atoms with Crippen LogP contribution in [0.25, 0.3) is 0 Å². The highest BCUT2D eigenvalue weighted by molar-refractivity contribution is 8.00. The Morgan fingerprint density at radius 3 is 3.13 bits per heavy atom. The van der Waals surface area contributed by atoms with Gasteiger partial charge in [0, 0.05) is 10.1 Å². The first-order valence-corrected chi connectivity index (χ1v) is 6.60. The summed E-state index contributed by atoms with van der Waals surface area (Å²) in [5.41, 5.74) is 3.04. The third kappa shape index (κ3) is 2.76. The molecule has 1 aliphatic rings. The number of benzene rings is 1. The lowest BCUT2D eigenvalue weighted by Gasteiger charge is -2.04. The zero-order valence-electron chi connectivity index (χ0n) is 9.55. The second kappa shape index (κ2) is 5.04. The van der Waals surface area contributed by atoms with Crippen LogP contribution in [0.2, 0.25) is 0 Å². The number of thioether (sulfide) groups is 1. The predicted molar refractivity (Wildman–Crippen MR) is 67.7 cm³/mol. The van der Waals surface area contributed by atoms with Crippen LogP contribution in [0.3, 0.4) is 0 Å². The van der Waals surface area contributed by atoms with Gasteiger partial charge in [0.05, 0.1) is 0 Å². The quantitative estimate of drug-likeness (QED) is 0.785. The van der Waals surface area contributed by atoms with Crippen LogP contribution < -0.4 is 5.32 Å². The van der Waals surface area contributed by atoms with Crippen LogP contribution in [0, 0.1) is 0 Å². The van der Waals surface area contributed by atoms with Crippen LogP contribution in [-0.2, 0) is 12.8 Å². The number of rotatable bonds is 4. The lowest BCUT2D eigenvalue weighted by Crippen LogP contribution is -2.08. The Labute approximate surface area is 96.7 Å². The van der Waals surface area contributed by atoms with Gasteiger partial charge in [-0.3, -0.25) is 0 Å². The van der Waals surface area contributed by atoms with E-state index in [0.29, 0.717) is 0 Å². The van der Waals surface area contributed by atoms with E-state index in [-0.39, 0.29) is 0 Å². The molecule has 0 amide bonds. The number of fused-ring (bicyclic) bond motifs is 1. The standard InChI is InChI=1S/C13H19NS/c1-10-8-12-6-5-11(4-3-7-14-2)9-13(12)15-10/h5-6,9-10,14H,3-4,7-8H2,1-2H3. The fourth-order valence-corrected chi connectivity index (χ4v) is 3.29. The molecule has 0 spiro atoms. The van der Waals surface area contributed by atoms with E-state index in [1.54, 1.807) is 5.56 Å². The van der Waals surface area contributed by atoms with E-state index in [4.69, 9.17) is 0 Å². The van der Waals surface area contributed by atoms with Crippen LogP contribution in [0.4, 0.5) is 0 Å². The van der Waals surface area contributed by atoms with Gasteiger partial charge < -0.3 is 5.32 Å². The van der Waals surface area contributed by atoms with Gasteiger partial charge in [-0.15, -0.1) is 11.8 Å². The minimum Gasteiger partial charge on any atom is -0.320 e. The number of nitrogens with one attached hydrogen (secondary N) is 1. The number of aryl methyl sites for hydroxylation is 1. The first-order chi connectivity index (χ1) is 7.29. The Morgan fingerprint density at radius 1 is 1.47 bits per heavy atom. The summed E-state index contributed by atoms with van der Waals surface area (Å²) in [6.07, 6.45) is 3.68. The first-order valence-electron chi connectivity index (χ1n) is 5.72. The van der Waals surface area contributed by atoms with Gasteiger partial charge in [-0.05, 0) is 50.0 Å². The molecule has 1 aliphatic heterocycles. The smallest absolute Gasteiger partial charge is 0.0110 e. The Balaban J connectivity index is 2.00. The molecule has 2 rings (SSSR count). The Hall–Kier alpha value is -0.470. The second-order valence-electron chi connectivity index (χ2n) is 4.28. The molecule has 0 aromatic heterocycles. The highest BCUT2D eigenvalue weighted by Gasteiger charge is 2.17. The lowest BCUT2D eigenvalue weighted by atomic mass is 10.0. The molecule has 1 aromatic rings. The zero-order chi connectivity index (χ0) is 10.7. The SMILES string of the molecule is CNCCCc1ccc2c(c1)SC(C)C2. The van der Waals surface area contributed by atoms with Crippen LogP contribution in [0.15, 0.2) is 23.1 Å². The summed E-state index contributed by atoms with van der Waals surface area (Å²) >= 11 is 2.03. The molecular weight excluding hydrogens is 202 g/mol. The fourth-order valence-electron chi connectivity index (χ4n) is 2.07. The predicted octanol–water partition coefficient (Wildman–Crippen LogP) is 2.88. The molecule has 0 bridgehead atoms. The third-order valence-electron chi connectivity index (χ3n) is 2.86. The lowest BCUT2D eigenvalue weighted by molar-refractivity contribution is 0.724. The maximum absolute atomic E-state index is 3.19. The van der Waals surface area contributed by atoms with Crippen molar-refractivity contribution in [1.29, 1.82) is 0 Å². The van der Waals surface area contributed by atoms with Crippen LogP contribution >= 0.6 is 11.8 Å². The van der Waals surface area contributed by atoms with Gasteiger partial charge in [0.15, 0.2) is 0 Å². The maximum atomic E-state index is 3.19. The molecule has 0 aliphatic carbocycles. The summed E-state index contributed by atoms with van der Waals surface area (Å²) in [7, 11) is 2.01. The number of hydrogen-bond acceptors (Lipinski definition) is 2. The van der Waals surface area contributed by atoms with Crippen molar-refractivity contribution in [2.24, 2.45) is 0 Å². The fraction of sp³-hybridized carbons (Fsp3) is 0.538. The van der Waals surface area contributed by atoms with Crippen molar-refractivity contribution in [3.63, 3.8) is 0 Å². The van der Waals surface area contributed by atoms with E-state index in [1.807, 2.05) is 18.8 Å². The van der Waals surface area contributed by atoms with Gasteiger partial charge in [0.1, 0.15) is 0 Å². The van der Waals surface area contributed by atoms with Crippen molar-refractivity contribution in [2.45, 2.75) is 36.3 Å². The molecule has 1 atom stereocenters. The molecule has 2 heteroatoms. The van der Waals surface area contributed by atoms with Crippen molar-refractivity contribution in [1.82, 2.24) is 5.32 Å². The molecule has 15 heavy (non-hydrogen) atoms. The molecule has 1 unspecified atom stereocenters. The van der Waals surface area contributed by atoms with Gasteiger partial charge in [0.2, 0.25) is 0 Å². The topological polar surface area (TPSA) is 12.0 Å². The van der Waals surface area contributed by atoms with Crippen LogP contribution in [0.5, 0.6) is 0 Å². The molecule has 1 heterocycles. The van der Waals surface area contributed by atoms with Gasteiger partial charge in [-0.1, -0.05) is 19.1 Å². The van der Waals surface area contributed by atoms with Crippen molar-refractivity contribution in [3.05, 3.63) is 29.3 Å². The minimum atomic E-state index is 0.771. The molecule has 0 radical (unpaired) electrons. The van der Waals surface area contributed by atoms with Crippen LogP contribution in [0.1, 0.15) is 24.5 Å². The Morgan fingerprint density at radius 2 is 2.33 bits per heavy atom. The zero-order valence-corrected chi connectivity index (χ0v) is 10.4. The van der Waals surface area contributed by atoms with E-state index >= 15 is 0 Å². The summed E-state index contributed by atoms with van der Waals surface area (Å²) in [6, 6.07) is 7.01. The molecule has 1 N–H and O–H groups in total. The monoisotopic (exact) mass is 221 g/mol. The van der Waals surface area contributed by atoms with Gasteiger partial charge in [-0.25, -0.2) is 0 Å². The minimum absolute atomic E-state index is 0.771. The second-order valence-corrected chi connectivity index (χ2v) is 5.76. The van der Waals surface area contributed by atoms with Crippen LogP contribution in [-0.4, -0.2) is 18.8 Å². The first kappa shape index (κ1) is 11.0. The van der Waals surface area contributed by atoms with E-state index in [0.717, 1.165) is 11.8 Å². The van der Waals surface area contributed by atoms with Crippen molar-refractivity contribution >= 4 is 11.8 Å². The van der Waals surface area contributed by atoms with E-state index in [9.17, 15) is 0 Å². The molecule has 0 saturated carbocycles. The average Bonchev–Trinajstić information content (AvgIpc) is 2.57. The van der Waals surface area contributed by atoms with Crippen molar-refractivity contribution < 1.29 is 0 Å². The molecular formula is C13H19NS. The normalized spacial score (nSPS) is 19.2. The molecule has 1 aromatic carbocycles. The van der Waals surface area contributed by atoms with E-state index in [1.165, 1.54) is 29.7 Å². The highest BCUT2D eigenvalue weighted by atomic mass is 32.2. The maximum Gasteiger partial charge on any atom is 0.0110 e. The number of hydrogen-bond donors (Lipinski definition) is 1. The van der Waals surface area contributed by atoms with E-state index < -0.39 is 0 Å². The summed E-state index contributed by atoms with van der Waals surface area (Å²) in [4.78, 5) is 1.52. The Bertz CT molecular complexity index is 335. The summed E-state index contributed by atoms with van der Waals surface area (Å²) in [6.45, 7) is 3.42. The molecule has 1 nitrogen and oxygen atoms in total. The van der Waals surface area contributed by atoms with Gasteiger partial charge in [0.25, 0.3) is 0 Å². The highest BCUT2D eigenvalue weighted by Crippen LogP contribution is 2.37. The van der Waals surface area contributed by atoms with Crippen molar-refractivity contribution in [2.75, 3.05) is 13.6 Å². The largest absolute Gasteiger partial charge is 0.320 e. The molecule has 0 fully saturated rings. The Kier molecular flexibility index (Phi) is 3.71. The summed E-state index contributed by atoms with van der Waals surface area (Å²) in [5, 5.41) is 3.96. The van der Waals surface area contributed by atoms with Crippen molar-refractivity contribution in [3.8, 4) is 0 Å². The summed E-state index contributed by atoms with van der Waals surface area (Å²) in [5.74, 6) is 0. The average molecular weight is 221 g/mol. The van der Waals surface area contributed by atoms with Gasteiger partial charge in [-0.2, -0.15) is 0 Å². The van der Waals surface area contributed by atoms with Gasteiger partial charge >= 0.3 is 0 Å².